The summed E-state index contributed by atoms with van der Waals surface area (Å²) in [5.41, 5.74) is 2.89. The second kappa shape index (κ2) is 4.35. The van der Waals surface area contributed by atoms with Crippen molar-refractivity contribution in [1.82, 2.24) is 14.5 Å². The Balaban J connectivity index is 1.78. The molecule has 0 radical (unpaired) electrons. The molecule has 6 heteroatoms. The van der Waals surface area contributed by atoms with Crippen molar-refractivity contribution in [3.8, 4) is 11.5 Å². The monoisotopic (exact) mass is 285 g/mol. The number of nitrogens with one attached hydrogen (secondary N) is 1. The molecule has 3 aromatic rings. The molecule has 0 saturated carbocycles. The Labute approximate surface area is 119 Å². The number of benzene rings is 1. The van der Waals surface area contributed by atoms with Gasteiger partial charge in [-0.1, -0.05) is 6.07 Å². The normalized spacial score (nSPS) is 13.0. The van der Waals surface area contributed by atoms with Gasteiger partial charge in [-0.25, -0.2) is 4.98 Å². The molecule has 1 aliphatic heterocycles. The summed E-state index contributed by atoms with van der Waals surface area (Å²) < 4.78 is 13.3. The number of H-pyrrole nitrogens is 1. The number of imidazole rings is 1. The van der Waals surface area contributed by atoms with Crippen molar-refractivity contribution >= 4 is 23.4 Å². The summed E-state index contributed by atoms with van der Waals surface area (Å²) in [6.07, 6.45) is 1.76. The molecule has 0 atom stereocenters. The zero-order valence-corrected chi connectivity index (χ0v) is 11.3. The minimum atomic E-state index is 0.285. The van der Waals surface area contributed by atoms with Crippen LogP contribution in [-0.2, 0) is 6.54 Å². The van der Waals surface area contributed by atoms with E-state index in [-0.39, 0.29) is 6.79 Å². The van der Waals surface area contributed by atoms with Crippen LogP contribution in [0, 0.1) is 4.77 Å². The van der Waals surface area contributed by atoms with E-state index in [0.717, 1.165) is 28.2 Å². The number of hydrogen-bond acceptors (Lipinski definition) is 4. The van der Waals surface area contributed by atoms with Gasteiger partial charge < -0.3 is 14.5 Å². The second-order valence-electron chi connectivity index (χ2n) is 4.58. The molecular formula is C14H11N3O2S. The van der Waals surface area contributed by atoms with E-state index in [1.807, 2.05) is 34.9 Å². The summed E-state index contributed by atoms with van der Waals surface area (Å²) in [5, 5.41) is 0. The lowest BCUT2D eigenvalue weighted by Crippen LogP contribution is -2.00. The van der Waals surface area contributed by atoms with Crippen LogP contribution in [0.15, 0.2) is 36.5 Å². The first kappa shape index (κ1) is 11.5. The van der Waals surface area contributed by atoms with Crippen LogP contribution in [-0.4, -0.2) is 21.3 Å². The molecule has 0 fully saturated rings. The number of nitrogens with zero attached hydrogens (tertiary/aromatic N) is 2. The molecule has 100 valence electrons. The van der Waals surface area contributed by atoms with Gasteiger partial charge in [0.25, 0.3) is 0 Å². The standard InChI is InChI=1S/C14H11N3O2S/c20-14-16-10-2-1-5-15-13(10)17(14)7-9-3-4-11-12(6-9)19-8-18-11/h1-6H,7-8H2,(H,16,20). The molecule has 20 heavy (non-hydrogen) atoms. The molecule has 4 rings (SSSR count). The molecule has 1 aliphatic rings. The number of rotatable bonds is 2. The highest BCUT2D eigenvalue weighted by Crippen LogP contribution is 2.32. The Morgan fingerprint density at radius 2 is 2.15 bits per heavy atom. The van der Waals surface area contributed by atoms with Gasteiger partial charge >= 0.3 is 0 Å². The van der Waals surface area contributed by atoms with Crippen molar-refractivity contribution < 1.29 is 9.47 Å². The minimum absolute atomic E-state index is 0.285. The van der Waals surface area contributed by atoms with Crippen molar-refractivity contribution in [1.29, 1.82) is 0 Å². The van der Waals surface area contributed by atoms with E-state index in [0.29, 0.717) is 11.3 Å². The third-order valence-electron chi connectivity index (χ3n) is 3.31. The molecule has 3 heterocycles. The van der Waals surface area contributed by atoms with E-state index in [1.165, 1.54) is 0 Å². The molecule has 0 amide bonds. The number of hydrogen-bond donors (Lipinski definition) is 1. The summed E-state index contributed by atoms with van der Waals surface area (Å²) in [7, 11) is 0. The van der Waals surface area contributed by atoms with E-state index in [2.05, 4.69) is 9.97 Å². The Bertz CT molecular complexity index is 853. The van der Waals surface area contributed by atoms with Gasteiger partial charge in [-0.15, -0.1) is 0 Å². The first-order valence-corrected chi connectivity index (χ1v) is 6.64. The maximum atomic E-state index is 5.40. The van der Waals surface area contributed by atoms with Gasteiger partial charge in [0.05, 0.1) is 12.1 Å². The van der Waals surface area contributed by atoms with Crippen LogP contribution in [0.4, 0.5) is 0 Å². The minimum Gasteiger partial charge on any atom is -0.454 e. The Hall–Kier alpha value is -2.34. The molecule has 0 bridgehead atoms. The van der Waals surface area contributed by atoms with Crippen molar-refractivity contribution in [3.05, 3.63) is 46.9 Å². The number of aromatic nitrogens is 3. The average Bonchev–Trinajstić information content (AvgIpc) is 3.04. The molecule has 0 saturated heterocycles. The first-order chi connectivity index (χ1) is 9.81. The first-order valence-electron chi connectivity index (χ1n) is 6.23. The Kier molecular flexibility index (Phi) is 2.50. The number of pyridine rings is 1. The van der Waals surface area contributed by atoms with E-state index >= 15 is 0 Å². The van der Waals surface area contributed by atoms with E-state index in [4.69, 9.17) is 21.7 Å². The quantitative estimate of drug-likeness (QED) is 0.736. The maximum Gasteiger partial charge on any atom is 0.231 e. The van der Waals surface area contributed by atoms with Crippen LogP contribution in [0.2, 0.25) is 0 Å². The zero-order chi connectivity index (χ0) is 13.5. The van der Waals surface area contributed by atoms with Gasteiger partial charge in [-0.05, 0) is 42.0 Å². The van der Waals surface area contributed by atoms with Crippen LogP contribution < -0.4 is 9.47 Å². The number of fused-ring (bicyclic) bond motifs is 2. The molecule has 0 spiro atoms. The van der Waals surface area contributed by atoms with Gasteiger partial charge in [-0.2, -0.15) is 0 Å². The lowest BCUT2D eigenvalue weighted by Gasteiger charge is -2.05. The van der Waals surface area contributed by atoms with Crippen molar-refractivity contribution in [2.75, 3.05) is 6.79 Å². The molecular weight excluding hydrogens is 274 g/mol. The van der Waals surface area contributed by atoms with Gasteiger partial charge in [0, 0.05) is 6.20 Å². The summed E-state index contributed by atoms with van der Waals surface area (Å²) in [5.74, 6) is 1.57. The SMILES string of the molecule is S=c1[nH]c2cccnc2n1Cc1ccc2c(c1)OCO2. The predicted molar refractivity (Wildman–Crippen MR) is 76.6 cm³/mol. The summed E-state index contributed by atoms with van der Waals surface area (Å²) >= 11 is 5.36. The third-order valence-corrected chi connectivity index (χ3v) is 3.63. The lowest BCUT2D eigenvalue weighted by molar-refractivity contribution is 0.174. The number of ether oxygens (including phenoxy) is 2. The zero-order valence-electron chi connectivity index (χ0n) is 10.5. The molecule has 1 aromatic carbocycles. The Morgan fingerprint density at radius 1 is 1.25 bits per heavy atom. The maximum absolute atomic E-state index is 5.40. The van der Waals surface area contributed by atoms with E-state index in [9.17, 15) is 0 Å². The Morgan fingerprint density at radius 3 is 3.10 bits per heavy atom. The van der Waals surface area contributed by atoms with Crippen molar-refractivity contribution in [2.24, 2.45) is 0 Å². The van der Waals surface area contributed by atoms with Gasteiger partial charge in [0.15, 0.2) is 21.9 Å². The third kappa shape index (κ3) is 1.77. The fourth-order valence-electron chi connectivity index (χ4n) is 2.36. The predicted octanol–water partition coefficient (Wildman–Crippen LogP) is 2.87. The number of aromatic amines is 1. The average molecular weight is 285 g/mol. The van der Waals surface area contributed by atoms with E-state index < -0.39 is 0 Å². The summed E-state index contributed by atoms with van der Waals surface area (Å²) in [4.78, 5) is 7.54. The van der Waals surface area contributed by atoms with Gasteiger partial charge in [0.2, 0.25) is 6.79 Å². The molecule has 0 unspecified atom stereocenters. The summed E-state index contributed by atoms with van der Waals surface area (Å²) in [6.45, 7) is 0.930. The fraction of sp³-hybridized carbons (Fsp3) is 0.143. The molecule has 2 aromatic heterocycles. The lowest BCUT2D eigenvalue weighted by atomic mass is 10.2. The second-order valence-corrected chi connectivity index (χ2v) is 4.97. The van der Waals surface area contributed by atoms with Crippen LogP contribution in [0.1, 0.15) is 5.56 Å². The molecule has 1 N–H and O–H groups in total. The van der Waals surface area contributed by atoms with Gasteiger partial charge in [0.1, 0.15) is 0 Å². The van der Waals surface area contributed by atoms with Crippen LogP contribution >= 0.6 is 12.2 Å². The highest BCUT2D eigenvalue weighted by atomic mass is 32.1. The van der Waals surface area contributed by atoms with Crippen LogP contribution in [0.25, 0.3) is 11.2 Å². The van der Waals surface area contributed by atoms with E-state index in [1.54, 1.807) is 6.20 Å². The topological polar surface area (TPSA) is 52.1 Å². The largest absolute Gasteiger partial charge is 0.454 e. The molecule has 0 aliphatic carbocycles. The van der Waals surface area contributed by atoms with Crippen LogP contribution in [0.5, 0.6) is 11.5 Å². The van der Waals surface area contributed by atoms with Gasteiger partial charge in [-0.3, -0.25) is 4.57 Å². The highest BCUT2D eigenvalue weighted by molar-refractivity contribution is 7.71. The highest BCUT2D eigenvalue weighted by Gasteiger charge is 2.14. The fourth-order valence-corrected chi connectivity index (χ4v) is 2.62. The van der Waals surface area contributed by atoms with Crippen LogP contribution in [0.3, 0.4) is 0 Å². The summed E-state index contributed by atoms with van der Waals surface area (Å²) in [6, 6.07) is 9.76. The smallest absolute Gasteiger partial charge is 0.231 e. The van der Waals surface area contributed by atoms with Crippen molar-refractivity contribution in [2.45, 2.75) is 6.54 Å². The van der Waals surface area contributed by atoms with Crippen molar-refractivity contribution in [3.63, 3.8) is 0 Å². The molecule has 5 nitrogen and oxygen atoms in total.